The molecule has 5 rings (SSSR count). The number of esters is 2. The molecule has 1 aliphatic heterocycles. The summed E-state index contributed by atoms with van der Waals surface area (Å²) in [6.07, 6.45) is -2.65. The minimum atomic E-state index is -4.94. The quantitative estimate of drug-likeness (QED) is 0.210. The second kappa shape index (κ2) is 10.9. The molecule has 1 aliphatic rings. The maximum Gasteiger partial charge on any atom is 0.469 e. The number of carbonyl (C=O) groups excluding carboxylic acids is 2. The van der Waals surface area contributed by atoms with Crippen molar-refractivity contribution < 1.29 is 42.7 Å². The first kappa shape index (κ1) is 26.4. The Balaban J connectivity index is 1.55. The van der Waals surface area contributed by atoms with E-state index in [1.807, 2.05) is 0 Å². The van der Waals surface area contributed by atoms with Gasteiger partial charge in [0.1, 0.15) is 17.9 Å². The SMILES string of the molecule is Nc1ncnc2c1ncn2[C@@H]1O[C@H](COP(=O)(O)O)[C@@H](OC(=O)c2ccccc2)[C@H]1OC(=O)c1ccccc1. The molecule has 1 saturated heterocycles. The van der Waals surface area contributed by atoms with E-state index in [4.69, 9.17) is 19.9 Å². The standard InChI is InChI=1S/C24H22N5O9P/c25-20-17-21(27-12-26-20)29(13-28-17)22-19(38-24(31)15-9-5-2-6-10-15)18(16(36-22)11-35-39(32,33)34)37-23(30)14-7-3-1-4-8-14/h1-10,12-13,16,18-19,22H,11H2,(H2,25,26,27)(H2,32,33,34)/t16-,18-,19-,22-/m1/s1. The Morgan fingerprint density at radius 1 is 0.923 bits per heavy atom. The lowest BCUT2D eigenvalue weighted by Crippen LogP contribution is -2.41. The number of aromatic nitrogens is 4. The molecule has 0 radical (unpaired) electrons. The summed E-state index contributed by atoms with van der Waals surface area (Å²) in [5, 5.41) is 0. The summed E-state index contributed by atoms with van der Waals surface area (Å²) in [7, 11) is -4.94. The average Bonchev–Trinajstić information content (AvgIpc) is 3.50. The first-order chi connectivity index (χ1) is 18.7. The van der Waals surface area contributed by atoms with Gasteiger partial charge in [0, 0.05) is 0 Å². The van der Waals surface area contributed by atoms with Crippen LogP contribution < -0.4 is 5.73 Å². The number of fused-ring (bicyclic) bond motifs is 1. The summed E-state index contributed by atoms with van der Waals surface area (Å²) in [6, 6.07) is 16.1. The molecule has 4 atom stereocenters. The van der Waals surface area contributed by atoms with E-state index in [1.165, 1.54) is 41.5 Å². The number of anilines is 1. The van der Waals surface area contributed by atoms with Crippen LogP contribution in [0.5, 0.6) is 0 Å². The summed E-state index contributed by atoms with van der Waals surface area (Å²) in [5.74, 6) is -1.46. The van der Waals surface area contributed by atoms with Crippen LogP contribution in [0.2, 0.25) is 0 Å². The van der Waals surface area contributed by atoms with Crippen molar-refractivity contribution in [2.45, 2.75) is 24.5 Å². The highest BCUT2D eigenvalue weighted by atomic mass is 31.2. The molecule has 4 N–H and O–H groups in total. The van der Waals surface area contributed by atoms with Crippen molar-refractivity contribution in [3.63, 3.8) is 0 Å². The van der Waals surface area contributed by atoms with E-state index in [0.29, 0.717) is 0 Å². The molecule has 1 fully saturated rings. The van der Waals surface area contributed by atoms with Crippen LogP contribution in [0.15, 0.2) is 73.3 Å². The van der Waals surface area contributed by atoms with Crippen molar-refractivity contribution in [2.24, 2.45) is 0 Å². The van der Waals surface area contributed by atoms with E-state index in [1.54, 1.807) is 36.4 Å². The lowest BCUT2D eigenvalue weighted by Gasteiger charge is -2.25. The molecular formula is C24H22N5O9P. The van der Waals surface area contributed by atoms with Gasteiger partial charge in [-0.05, 0) is 24.3 Å². The number of ether oxygens (including phenoxy) is 3. The first-order valence-electron chi connectivity index (χ1n) is 11.5. The lowest BCUT2D eigenvalue weighted by atomic mass is 10.1. The highest BCUT2D eigenvalue weighted by molar-refractivity contribution is 7.46. The Kier molecular flexibility index (Phi) is 7.37. The smallest absolute Gasteiger partial charge is 0.452 e. The molecule has 4 aromatic rings. The van der Waals surface area contributed by atoms with Gasteiger partial charge < -0.3 is 29.7 Å². The van der Waals surface area contributed by atoms with Crippen LogP contribution in [0.25, 0.3) is 11.2 Å². The Bertz CT molecular complexity index is 1530. The maximum absolute atomic E-state index is 13.1. The normalized spacial score (nSPS) is 21.1. The molecule has 2 aromatic heterocycles. The second-order valence-corrected chi connectivity index (χ2v) is 9.65. The molecule has 0 aliphatic carbocycles. The molecule has 0 saturated carbocycles. The Morgan fingerprint density at radius 3 is 2.10 bits per heavy atom. The number of phosphoric ester groups is 1. The molecule has 15 heteroatoms. The molecule has 39 heavy (non-hydrogen) atoms. The largest absolute Gasteiger partial charge is 0.469 e. The fourth-order valence-electron chi connectivity index (χ4n) is 4.09. The van der Waals surface area contributed by atoms with Crippen molar-refractivity contribution >= 4 is 36.7 Å². The number of imidazole rings is 1. The molecule has 0 unspecified atom stereocenters. The van der Waals surface area contributed by atoms with Crippen LogP contribution in [0.1, 0.15) is 26.9 Å². The van der Waals surface area contributed by atoms with Crippen LogP contribution in [-0.2, 0) is 23.3 Å². The molecule has 0 bridgehead atoms. The number of phosphoric acid groups is 1. The van der Waals surface area contributed by atoms with Gasteiger partial charge in [-0.15, -0.1) is 0 Å². The zero-order valence-electron chi connectivity index (χ0n) is 20.0. The summed E-state index contributed by atoms with van der Waals surface area (Å²) in [6.45, 7) is -0.698. The van der Waals surface area contributed by atoms with E-state index in [2.05, 4.69) is 19.5 Å². The zero-order chi connectivity index (χ0) is 27.6. The van der Waals surface area contributed by atoms with Gasteiger partial charge in [-0.3, -0.25) is 9.09 Å². The van der Waals surface area contributed by atoms with Crippen molar-refractivity contribution in [1.82, 2.24) is 19.5 Å². The molecule has 0 spiro atoms. The molecule has 202 valence electrons. The van der Waals surface area contributed by atoms with Gasteiger partial charge in [0.25, 0.3) is 0 Å². The fourth-order valence-corrected chi connectivity index (χ4v) is 4.43. The van der Waals surface area contributed by atoms with E-state index in [0.717, 1.165) is 0 Å². The summed E-state index contributed by atoms with van der Waals surface area (Å²) in [4.78, 5) is 57.0. The number of hydrogen-bond donors (Lipinski definition) is 3. The highest BCUT2D eigenvalue weighted by Crippen LogP contribution is 2.41. The number of benzene rings is 2. The number of hydrogen-bond acceptors (Lipinski definition) is 11. The van der Waals surface area contributed by atoms with Gasteiger partial charge in [0.15, 0.2) is 29.9 Å². The third kappa shape index (κ3) is 5.79. The van der Waals surface area contributed by atoms with E-state index in [9.17, 15) is 23.9 Å². The number of rotatable bonds is 8. The van der Waals surface area contributed by atoms with Gasteiger partial charge in [-0.2, -0.15) is 0 Å². The fraction of sp³-hybridized carbons (Fsp3) is 0.208. The monoisotopic (exact) mass is 555 g/mol. The molecule has 3 heterocycles. The minimum Gasteiger partial charge on any atom is -0.452 e. The summed E-state index contributed by atoms with van der Waals surface area (Å²) >= 11 is 0. The maximum atomic E-state index is 13.1. The number of nitrogen functional groups attached to an aromatic ring is 1. The summed E-state index contributed by atoms with van der Waals surface area (Å²) in [5.41, 5.74) is 6.77. The van der Waals surface area contributed by atoms with Crippen molar-refractivity contribution in [2.75, 3.05) is 12.3 Å². The molecule has 0 amide bonds. The molecular weight excluding hydrogens is 533 g/mol. The Hall–Kier alpha value is -4.20. The van der Waals surface area contributed by atoms with Crippen LogP contribution >= 0.6 is 7.82 Å². The zero-order valence-corrected chi connectivity index (χ0v) is 20.9. The molecule has 14 nitrogen and oxygen atoms in total. The van der Waals surface area contributed by atoms with Gasteiger partial charge in [0.2, 0.25) is 0 Å². The van der Waals surface area contributed by atoms with Crippen LogP contribution in [0.3, 0.4) is 0 Å². The summed E-state index contributed by atoms with van der Waals surface area (Å²) < 4.78 is 35.1. The average molecular weight is 555 g/mol. The predicted molar refractivity (Wildman–Crippen MR) is 133 cm³/mol. The Morgan fingerprint density at radius 2 is 1.51 bits per heavy atom. The van der Waals surface area contributed by atoms with Crippen molar-refractivity contribution in [1.29, 1.82) is 0 Å². The Labute approximate surface area is 220 Å². The second-order valence-electron chi connectivity index (χ2n) is 8.41. The number of nitrogens with zero attached hydrogens (tertiary/aromatic N) is 4. The highest BCUT2D eigenvalue weighted by Gasteiger charge is 2.52. The number of carbonyl (C=O) groups is 2. The topological polar surface area (TPSA) is 198 Å². The van der Waals surface area contributed by atoms with Crippen LogP contribution in [0.4, 0.5) is 5.82 Å². The van der Waals surface area contributed by atoms with Gasteiger partial charge in [-0.1, -0.05) is 36.4 Å². The minimum absolute atomic E-state index is 0.0861. The van der Waals surface area contributed by atoms with E-state index >= 15 is 0 Å². The van der Waals surface area contributed by atoms with Gasteiger partial charge in [0.05, 0.1) is 24.1 Å². The predicted octanol–water partition coefficient (Wildman–Crippen LogP) is 1.87. The third-order valence-electron chi connectivity index (χ3n) is 5.86. The van der Waals surface area contributed by atoms with Crippen molar-refractivity contribution in [3.05, 3.63) is 84.4 Å². The van der Waals surface area contributed by atoms with E-state index < -0.39 is 50.9 Å². The lowest BCUT2D eigenvalue weighted by molar-refractivity contribution is -0.0559. The van der Waals surface area contributed by atoms with Crippen molar-refractivity contribution in [3.8, 4) is 0 Å². The molecule has 2 aromatic carbocycles. The third-order valence-corrected chi connectivity index (χ3v) is 6.34. The van der Waals surface area contributed by atoms with Crippen LogP contribution in [-0.4, -0.2) is 66.2 Å². The van der Waals surface area contributed by atoms with Crippen LogP contribution in [0, 0.1) is 0 Å². The first-order valence-corrected chi connectivity index (χ1v) is 13.0. The number of nitrogens with two attached hydrogens (primary N) is 1. The van der Waals surface area contributed by atoms with Gasteiger partial charge in [-0.25, -0.2) is 29.1 Å². The van der Waals surface area contributed by atoms with Gasteiger partial charge >= 0.3 is 19.8 Å². The van der Waals surface area contributed by atoms with E-state index in [-0.39, 0.29) is 28.1 Å².